The first-order chi connectivity index (χ1) is 12.4. The van der Waals surface area contributed by atoms with Crippen LogP contribution in [-0.4, -0.2) is 44.0 Å². The number of hydrogen-bond acceptors (Lipinski definition) is 3. The summed E-state index contributed by atoms with van der Waals surface area (Å²) < 4.78 is 59.2. The second-order valence-electron chi connectivity index (χ2n) is 6.07. The maximum absolute atomic E-state index is 14.0. The molecule has 0 spiro atoms. The topological polar surface area (TPSA) is 62.4 Å². The number of rotatable bonds is 3. The summed E-state index contributed by atoms with van der Waals surface area (Å²) in [4.78, 5) is 3.22. The Hall–Kier alpha value is -2.29. The SMILES string of the molecule is O=S(=O)(c1ccc2[nH]c(-c3ccc(F)cc3F)cc2c1)N1CCOCC1. The Morgan fingerprint density at radius 3 is 2.50 bits per heavy atom. The highest BCUT2D eigenvalue weighted by Crippen LogP contribution is 2.29. The number of morpholine rings is 1. The van der Waals surface area contributed by atoms with Crippen LogP contribution in [-0.2, 0) is 14.8 Å². The van der Waals surface area contributed by atoms with Gasteiger partial charge in [-0.2, -0.15) is 4.31 Å². The summed E-state index contributed by atoms with van der Waals surface area (Å²) in [6.07, 6.45) is 0. The molecule has 1 saturated heterocycles. The van der Waals surface area contributed by atoms with E-state index in [2.05, 4.69) is 4.98 Å². The molecule has 5 nitrogen and oxygen atoms in total. The summed E-state index contributed by atoms with van der Waals surface area (Å²) >= 11 is 0. The van der Waals surface area contributed by atoms with Crippen LogP contribution in [0, 0.1) is 11.6 Å². The van der Waals surface area contributed by atoms with Crippen LogP contribution in [0.5, 0.6) is 0 Å². The van der Waals surface area contributed by atoms with E-state index in [0.29, 0.717) is 42.9 Å². The Bertz CT molecular complexity index is 1070. The third kappa shape index (κ3) is 3.00. The lowest BCUT2D eigenvalue weighted by molar-refractivity contribution is 0.0730. The van der Waals surface area contributed by atoms with Crippen molar-refractivity contribution in [3.8, 4) is 11.3 Å². The van der Waals surface area contributed by atoms with Crippen molar-refractivity contribution in [1.29, 1.82) is 0 Å². The minimum Gasteiger partial charge on any atom is -0.379 e. The minimum absolute atomic E-state index is 0.178. The lowest BCUT2D eigenvalue weighted by atomic mass is 10.1. The van der Waals surface area contributed by atoms with Gasteiger partial charge in [0, 0.05) is 41.3 Å². The highest BCUT2D eigenvalue weighted by atomic mass is 32.2. The highest BCUT2D eigenvalue weighted by Gasteiger charge is 2.26. The molecule has 1 fully saturated rings. The zero-order valence-electron chi connectivity index (χ0n) is 13.7. The van der Waals surface area contributed by atoms with E-state index < -0.39 is 21.7 Å². The van der Waals surface area contributed by atoms with E-state index in [1.807, 2.05) is 0 Å². The van der Waals surface area contributed by atoms with Crippen molar-refractivity contribution in [1.82, 2.24) is 9.29 Å². The summed E-state index contributed by atoms with van der Waals surface area (Å²) in [5, 5.41) is 0.637. The van der Waals surface area contributed by atoms with E-state index in [0.717, 1.165) is 6.07 Å². The molecule has 136 valence electrons. The Morgan fingerprint density at radius 1 is 1.00 bits per heavy atom. The van der Waals surface area contributed by atoms with Gasteiger partial charge < -0.3 is 9.72 Å². The fraction of sp³-hybridized carbons (Fsp3) is 0.222. The summed E-state index contributed by atoms with van der Waals surface area (Å²) in [5.74, 6) is -1.33. The number of H-pyrrole nitrogens is 1. The molecule has 26 heavy (non-hydrogen) atoms. The first kappa shape index (κ1) is 17.1. The molecule has 3 aromatic rings. The zero-order chi connectivity index (χ0) is 18.3. The van der Waals surface area contributed by atoms with Crippen LogP contribution in [0.3, 0.4) is 0 Å². The summed E-state index contributed by atoms with van der Waals surface area (Å²) in [7, 11) is -3.61. The molecular weight excluding hydrogens is 362 g/mol. The summed E-state index contributed by atoms with van der Waals surface area (Å²) in [6.45, 7) is 1.39. The van der Waals surface area contributed by atoms with Gasteiger partial charge in [-0.05, 0) is 36.4 Å². The van der Waals surface area contributed by atoms with Crippen LogP contribution in [0.4, 0.5) is 8.78 Å². The number of aromatic nitrogens is 1. The molecule has 1 aliphatic rings. The Balaban J connectivity index is 1.74. The van der Waals surface area contributed by atoms with E-state index in [4.69, 9.17) is 4.74 Å². The van der Waals surface area contributed by atoms with Gasteiger partial charge in [0.2, 0.25) is 10.0 Å². The van der Waals surface area contributed by atoms with Gasteiger partial charge in [0.15, 0.2) is 0 Å². The average Bonchev–Trinajstić information content (AvgIpc) is 3.05. The molecule has 1 aliphatic heterocycles. The number of aromatic amines is 1. The molecule has 0 bridgehead atoms. The van der Waals surface area contributed by atoms with Crippen molar-refractivity contribution in [3.05, 3.63) is 54.1 Å². The Labute approximate surface area is 149 Å². The number of ether oxygens (including phenoxy) is 1. The van der Waals surface area contributed by atoms with Gasteiger partial charge in [0.25, 0.3) is 0 Å². The van der Waals surface area contributed by atoms with Crippen LogP contribution in [0.25, 0.3) is 22.2 Å². The quantitative estimate of drug-likeness (QED) is 0.762. The van der Waals surface area contributed by atoms with Gasteiger partial charge in [-0.25, -0.2) is 17.2 Å². The number of sulfonamides is 1. The molecule has 0 atom stereocenters. The maximum Gasteiger partial charge on any atom is 0.243 e. The van der Waals surface area contributed by atoms with E-state index in [1.54, 1.807) is 18.2 Å². The fourth-order valence-electron chi connectivity index (χ4n) is 3.06. The first-order valence-corrected chi connectivity index (χ1v) is 9.55. The molecular formula is C18H16F2N2O3S. The van der Waals surface area contributed by atoms with Gasteiger partial charge in [-0.15, -0.1) is 0 Å². The second kappa shape index (κ2) is 6.46. The zero-order valence-corrected chi connectivity index (χ0v) is 14.5. The van der Waals surface area contributed by atoms with Crippen LogP contribution in [0.1, 0.15) is 0 Å². The molecule has 1 aromatic heterocycles. The predicted molar refractivity (Wildman–Crippen MR) is 93.2 cm³/mol. The first-order valence-electron chi connectivity index (χ1n) is 8.11. The number of halogens is 2. The van der Waals surface area contributed by atoms with Crippen LogP contribution >= 0.6 is 0 Å². The lowest BCUT2D eigenvalue weighted by Crippen LogP contribution is -2.40. The monoisotopic (exact) mass is 378 g/mol. The minimum atomic E-state index is -3.61. The number of nitrogens with zero attached hydrogens (tertiary/aromatic N) is 1. The van der Waals surface area contributed by atoms with Crippen LogP contribution < -0.4 is 0 Å². The van der Waals surface area contributed by atoms with Gasteiger partial charge >= 0.3 is 0 Å². The van der Waals surface area contributed by atoms with Crippen LogP contribution in [0.15, 0.2) is 47.4 Å². The largest absolute Gasteiger partial charge is 0.379 e. The molecule has 0 aliphatic carbocycles. The van der Waals surface area contributed by atoms with Gasteiger partial charge in [0.1, 0.15) is 11.6 Å². The highest BCUT2D eigenvalue weighted by molar-refractivity contribution is 7.89. The normalized spacial score (nSPS) is 16.2. The molecule has 0 radical (unpaired) electrons. The summed E-state index contributed by atoms with van der Waals surface area (Å²) in [6, 6.07) is 9.72. The predicted octanol–water partition coefficient (Wildman–Crippen LogP) is 3.13. The summed E-state index contributed by atoms with van der Waals surface area (Å²) in [5.41, 5.74) is 1.35. The standard InChI is InChI=1S/C18H16F2N2O3S/c19-13-1-3-15(16(20)11-13)18-10-12-9-14(2-4-17(12)21-18)26(23,24)22-5-7-25-8-6-22/h1-4,9-11,21H,5-8H2. The smallest absolute Gasteiger partial charge is 0.243 e. The van der Waals surface area contributed by atoms with Crippen molar-refractivity contribution in [2.75, 3.05) is 26.3 Å². The molecule has 2 aromatic carbocycles. The molecule has 0 saturated carbocycles. The van der Waals surface area contributed by atoms with Crippen LogP contribution in [0.2, 0.25) is 0 Å². The van der Waals surface area contributed by atoms with E-state index >= 15 is 0 Å². The Morgan fingerprint density at radius 2 is 1.77 bits per heavy atom. The number of nitrogens with one attached hydrogen (secondary N) is 1. The van der Waals surface area contributed by atoms with Crippen molar-refractivity contribution in [3.63, 3.8) is 0 Å². The molecule has 0 unspecified atom stereocenters. The molecule has 4 rings (SSSR count). The second-order valence-corrected chi connectivity index (χ2v) is 8.01. The number of benzene rings is 2. The van der Waals surface area contributed by atoms with E-state index in [9.17, 15) is 17.2 Å². The average molecular weight is 378 g/mol. The number of hydrogen-bond donors (Lipinski definition) is 1. The van der Waals surface area contributed by atoms with Crippen molar-refractivity contribution in [2.24, 2.45) is 0 Å². The van der Waals surface area contributed by atoms with Crippen molar-refractivity contribution in [2.45, 2.75) is 4.90 Å². The molecule has 8 heteroatoms. The third-order valence-corrected chi connectivity index (χ3v) is 6.32. The Kier molecular flexibility index (Phi) is 4.26. The third-order valence-electron chi connectivity index (χ3n) is 4.42. The van der Waals surface area contributed by atoms with Gasteiger partial charge in [-0.1, -0.05) is 0 Å². The van der Waals surface area contributed by atoms with Gasteiger partial charge in [0.05, 0.1) is 18.1 Å². The van der Waals surface area contributed by atoms with Crippen molar-refractivity contribution >= 4 is 20.9 Å². The molecule has 2 heterocycles. The van der Waals surface area contributed by atoms with Gasteiger partial charge in [-0.3, -0.25) is 0 Å². The molecule has 1 N–H and O–H groups in total. The maximum atomic E-state index is 14.0. The van der Waals surface area contributed by atoms with E-state index in [1.165, 1.54) is 22.5 Å². The fourth-order valence-corrected chi connectivity index (χ4v) is 4.50. The van der Waals surface area contributed by atoms with Crippen molar-refractivity contribution < 1.29 is 21.9 Å². The molecule has 0 amide bonds. The van der Waals surface area contributed by atoms with E-state index in [-0.39, 0.29) is 10.5 Å². The number of fused-ring (bicyclic) bond motifs is 1. The lowest BCUT2D eigenvalue weighted by Gasteiger charge is -2.26.